The average Bonchev–Trinajstić information content (AvgIpc) is 2.96. The van der Waals surface area contributed by atoms with Gasteiger partial charge in [-0.1, -0.05) is 0 Å². The number of hydrogen-bond acceptors (Lipinski definition) is 24. The number of amides is 2. The number of piperazine rings is 2. The summed E-state index contributed by atoms with van der Waals surface area (Å²) in [6, 6.07) is 27.6. The highest BCUT2D eigenvalue weighted by atomic mass is 16.5. The highest BCUT2D eigenvalue weighted by Gasteiger charge is 2.33. The number of pyridine rings is 2. The summed E-state index contributed by atoms with van der Waals surface area (Å²) in [5, 5.41) is 45.2. The van der Waals surface area contributed by atoms with Gasteiger partial charge in [0, 0.05) is 114 Å². The van der Waals surface area contributed by atoms with Gasteiger partial charge in [0.25, 0.3) is 11.8 Å². The molecule has 26 heteroatoms. The summed E-state index contributed by atoms with van der Waals surface area (Å²) in [6.45, 7) is 16.7. The largest absolute Gasteiger partial charge is 0.492 e. The number of aliphatic hydroxyl groups excluding tert-OH is 2. The summed E-state index contributed by atoms with van der Waals surface area (Å²) in [7, 11) is 3.24. The number of ether oxygens (including phenoxy) is 6. The fraction of sp³-hybridized carbons (Fsp3) is 0.469. The maximum Gasteiger partial charge on any atom is 0.251 e. The first kappa shape index (κ1) is 62.6. The number of aromatic nitrogens is 6. The second-order valence-electron chi connectivity index (χ2n) is 23.2. The SMILES string of the molecule is COc1nc(Nc2nccc(-c3ccc(OCC4CCN(C(=O)[C@@H](C)O)C4)c(C#N)c3)n2)ccc1N1CCN(C2COC2)CC1.COc1nc(Nc2nccc(-c3ccc(OCC4CCN(C(=O)[C@@H](C)O)C4)c(C#N)c3)n2)ccc1N1CCN(C2COC2)CC1. The molecule has 12 rings (SSSR count). The van der Waals surface area contributed by atoms with Crippen molar-refractivity contribution in [2.45, 2.75) is 51.0 Å². The number of nitrogens with one attached hydrogen (secondary N) is 2. The Labute approximate surface area is 522 Å². The minimum Gasteiger partial charge on any atom is -0.492 e. The van der Waals surface area contributed by atoms with Crippen molar-refractivity contribution < 1.29 is 48.2 Å². The average molecular weight is 1230 g/mol. The van der Waals surface area contributed by atoms with E-state index in [9.17, 15) is 30.3 Å². The Morgan fingerprint density at radius 1 is 0.578 bits per heavy atom. The third-order valence-corrected chi connectivity index (χ3v) is 17.1. The molecule has 4 atom stereocenters. The summed E-state index contributed by atoms with van der Waals surface area (Å²) < 4.78 is 34.0. The van der Waals surface area contributed by atoms with Crippen LogP contribution < -0.4 is 39.4 Å². The Balaban J connectivity index is 0.000000185. The van der Waals surface area contributed by atoms with Crippen LogP contribution in [-0.4, -0.2) is 228 Å². The molecule has 0 saturated carbocycles. The number of hydrogen-bond donors (Lipinski definition) is 4. The third-order valence-electron chi connectivity index (χ3n) is 17.1. The van der Waals surface area contributed by atoms with E-state index in [4.69, 9.17) is 28.4 Å². The van der Waals surface area contributed by atoms with Gasteiger partial charge in [0.15, 0.2) is 0 Å². The first-order valence-corrected chi connectivity index (χ1v) is 30.6. The van der Waals surface area contributed by atoms with Crippen molar-refractivity contribution in [3.8, 4) is 57.9 Å². The predicted octanol–water partition coefficient (Wildman–Crippen LogP) is 4.58. The molecule has 6 saturated heterocycles. The quantitative estimate of drug-likeness (QED) is 0.0813. The monoisotopic (exact) mass is 1230 g/mol. The first-order valence-electron chi connectivity index (χ1n) is 30.6. The number of nitrogens with zero attached hydrogens (tertiary/aromatic N) is 14. The van der Waals surface area contributed by atoms with Crippen LogP contribution >= 0.6 is 0 Å². The Bertz CT molecular complexity index is 3330. The molecule has 0 radical (unpaired) electrons. The lowest BCUT2D eigenvalue weighted by molar-refractivity contribution is -0.138. The number of nitriles is 2. The Morgan fingerprint density at radius 2 is 0.989 bits per heavy atom. The van der Waals surface area contributed by atoms with E-state index in [-0.39, 0.29) is 23.7 Å². The molecule has 6 fully saturated rings. The molecule has 0 spiro atoms. The number of methoxy groups -OCH3 is 2. The van der Waals surface area contributed by atoms with E-state index in [2.05, 4.69) is 72.3 Å². The summed E-state index contributed by atoms with van der Waals surface area (Å²) in [4.78, 5) is 64.4. The van der Waals surface area contributed by atoms with Crippen LogP contribution in [0.15, 0.2) is 85.2 Å². The van der Waals surface area contributed by atoms with Crippen molar-refractivity contribution in [3.63, 3.8) is 0 Å². The van der Waals surface area contributed by atoms with Gasteiger partial charge >= 0.3 is 0 Å². The molecule has 0 aliphatic carbocycles. The summed E-state index contributed by atoms with van der Waals surface area (Å²) in [6.07, 6.45) is 2.85. The molecule has 90 heavy (non-hydrogen) atoms. The molecule has 6 aromatic rings. The second kappa shape index (κ2) is 29.1. The minimum absolute atomic E-state index is 0.133. The maximum atomic E-state index is 12.1. The van der Waals surface area contributed by atoms with Crippen molar-refractivity contribution >= 4 is 46.7 Å². The van der Waals surface area contributed by atoms with Crippen molar-refractivity contribution in [3.05, 3.63) is 96.3 Å². The number of carbonyl (C=O) groups is 2. The van der Waals surface area contributed by atoms with Gasteiger partial charge in [-0.3, -0.25) is 19.4 Å². The second-order valence-corrected chi connectivity index (χ2v) is 23.2. The lowest BCUT2D eigenvalue weighted by atomic mass is 10.1. The predicted molar refractivity (Wildman–Crippen MR) is 333 cm³/mol. The molecular formula is C64H76N16O10. The van der Waals surface area contributed by atoms with Crippen LogP contribution in [0, 0.1) is 34.5 Å². The van der Waals surface area contributed by atoms with E-state index >= 15 is 0 Å². The van der Waals surface area contributed by atoms with Gasteiger partial charge in [-0.25, -0.2) is 19.9 Å². The fourth-order valence-corrected chi connectivity index (χ4v) is 11.8. The minimum atomic E-state index is -1.01. The number of likely N-dealkylation sites (tertiary alicyclic amines) is 2. The van der Waals surface area contributed by atoms with Crippen LogP contribution in [0.2, 0.25) is 0 Å². The molecule has 10 heterocycles. The molecule has 4 N–H and O–H groups in total. The summed E-state index contributed by atoms with van der Waals surface area (Å²) in [5.74, 6) is 3.58. The lowest BCUT2D eigenvalue weighted by Gasteiger charge is -2.43. The first-order chi connectivity index (χ1) is 43.8. The van der Waals surface area contributed by atoms with E-state index in [1.807, 2.05) is 36.4 Å². The molecule has 0 bridgehead atoms. The smallest absolute Gasteiger partial charge is 0.251 e. The highest BCUT2D eigenvalue weighted by molar-refractivity contribution is 5.81. The van der Waals surface area contributed by atoms with Gasteiger partial charge < -0.3 is 68.9 Å². The van der Waals surface area contributed by atoms with E-state index in [0.717, 1.165) is 114 Å². The molecule has 2 unspecified atom stereocenters. The fourth-order valence-electron chi connectivity index (χ4n) is 11.8. The number of aliphatic hydroxyl groups is 2. The normalized spacial score (nSPS) is 19.5. The summed E-state index contributed by atoms with van der Waals surface area (Å²) in [5.41, 5.74) is 5.44. The van der Waals surface area contributed by atoms with Gasteiger partial charge in [-0.2, -0.15) is 20.5 Å². The van der Waals surface area contributed by atoms with Crippen LogP contribution in [-0.2, 0) is 19.1 Å². The molecular weight excluding hydrogens is 1150 g/mol. The molecule has 2 aromatic carbocycles. The molecule has 26 nitrogen and oxygen atoms in total. The highest BCUT2D eigenvalue weighted by Crippen LogP contribution is 2.34. The van der Waals surface area contributed by atoms with Crippen LogP contribution in [0.1, 0.15) is 37.8 Å². The maximum absolute atomic E-state index is 12.1. The van der Waals surface area contributed by atoms with Gasteiger partial charge in [-0.05, 0) is 99.5 Å². The van der Waals surface area contributed by atoms with E-state index < -0.39 is 12.2 Å². The molecule has 2 amide bonds. The van der Waals surface area contributed by atoms with Crippen molar-refractivity contribution in [1.29, 1.82) is 10.5 Å². The van der Waals surface area contributed by atoms with Gasteiger partial charge in [0.05, 0.1) is 88.5 Å². The number of anilines is 6. The van der Waals surface area contributed by atoms with E-state index in [1.54, 1.807) is 72.8 Å². The Hall–Kier alpha value is -9.02. The molecule has 472 valence electrons. The number of carbonyl (C=O) groups excluding carboxylic acids is 2. The molecule has 6 aliphatic rings. The van der Waals surface area contributed by atoms with Gasteiger partial charge in [0.1, 0.15) is 58.9 Å². The van der Waals surface area contributed by atoms with Crippen LogP contribution in [0.3, 0.4) is 0 Å². The Morgan fingerprint density at radius 3 is 1.34 bits per heavy atom. The Kier molecular flexibility index (Phi) is 20.2. The lowest BCUT2D eigenvalue weighted by Crippen LogP contribution is -2.56. The van der Waals surface area contributed by atoms with E-state index in [0.29, 0.717) is 121 Å². The topological polar surface area (TPSA) is 298 Å². The zero-order chi connectivity index (χ0) is 62.7. The standard InChI is InChI=1S/2C32H38N8O5/c2*1-21(41)31(42)40-10-8-22(17-40)18-45-28-5-3-23(15-24(28)16-33)26-7-9-34-32(35-26)37-29-6-4-27(30(36-29)43-2)39-13-11-38(12-14-39)25-19-44-20-25/h2*3-7,9,15,21-22,25,41H,8,10-14,17-20H2,1-2H3,(H,34,35,36,37)/t2*21-,22?/m11/s1. The zero-order valence-electron chi connectivity index (χ0n) is 51.1. The van der Waals surface area contributed by atoms with Crippen molar-refractivity contribution in [2.75, 3.05) is 153 Å². The van der Waals surface area contributed by atoms with Crippen molar-refractivity contribution in [2.24, 2.45) is 11.8 Å². The molecule has 4 aromatic heterocycles. The van der Waals surface area contributed by atoms with Crippen molar-refractivity contribution in [1.82, 2.24) is 49.5 Å². The van der Waals surface area contributed by atoms with E-state index in [1.165, 1.54) is 13.8 Å². The molecule has 6 aliphatic heterocycles. The van der Waals surface area contributed by atoms with Gasteiger partial charge in [-0.15, -0.1) is 0 Å². The zero-order valence-corrected chi connectivity index (χ0v) is 51.1. The van der Waals surface area contributed by atoms with Gasteiger partial charge in [0.2, 0.25) is 23.7 Å². The van der Waals surface area contributed by atoms with Crippen LogP contribution in [0.5, 0.6) is 23.3 Å². The number of benzene rings is 2. The van der Waals surface area contributed by atoms with Crippen LogP contribution in [0.25, 0.3) is 22.5 Å². The van der Waals surface area contributed by atoms with Crippen LogP contribution in [0.4, 0.5) is 34.9 Å². The third kappa shape index (κ3) is 15.0. The summed E-state index contributed by atoms with van der Waals surface area (Å²) >= 11 is 0. The number of rotatable bonds is 20.